The van der Waals surface area contributed by atoms with Crippen molar-refractivity contribution in [2.45, 2.75) is 32.2 Å². The molecule has 0 saturated heterocycles. The number of hydrogen-bond donors (Lipinski definition) is 2. The molecule has 1 atom stereocenters. The van der Waals surface area contributed by atoms with E-state index in [9.17, 15) is 0 Å². The summed E-state index contributed by atoms with van der Waals surface area (Å²) in [6.07, 6.45) is 0.749. The summed E-state index contributed by atoms with van der Waals surface area (Å²) in [5, 5.41) is 5.30. The number of hydrogen-bond acceptors (Lipinski definition) is 7. The van der Waals surface area contributed by atoms with Gasteiger partial charge in [0.1, 0.15) is 0 Å². The second-order valence-corrected chi connectivity index (χ2v) is 7.08. The number of thiazole rings is 1. The smallest absolute Gasteiger partial charge is 0.0958 e. The lowest BCUT2D eigenvalue weighted by molar-refractivity contribution is 0.550. The van der Waals surface area contributed by atoms with Crippen molar-refractivity contribution in [3.8, 4) is 0 Å². The molecule has 0 aliphatic rings. The minimum absolute atomic E-state index is 0.00274. The minimum Gasteiger partial charge on any atom is -0.271 e. The van der Waals surface area contributed by atoms with Crippen LogP contribution in [0.5, 0.6) is 0 Å². The normalized spacial score (nSPS) is 13.1. The molecule has 0 aliphatic heterocycles. The van der Waals surface area contributed by atoms with E-state index in [-0.39, 0.29) is 6.04 Å². The fourth-order valence-electron chi connectivity index (χ4n) is 2.26. The highest BCUT2D eigenvalue weighted by Gasteiger charge is 2.21. The second-order valence-electron chi connectivity index (χ2n) is 5.18. The molecule has 1 unspecified atom stereocenters. The highest BCUT2D eigenvalue weighted by molar-refractivity contribution is 7.18. The van der Waals surface area contributed by atoms with Crippen LogP contribution in [-0.4, -0.2) is 14.6 Å². The maximum atomic E-state index is 5.75. The molecular weight excluding hydrogens is 302 g/mol. The topological polar surface area (TPSA) is 76.7 Å². The first-order chi connectivity index (χ1) is 10.2. The Bertz CT molecular complexity index is 701. The molecule has 0 radical (unpaired) electrons. The molecule has 0 amide bonds. The largest absolute Gasteiger partial charge is 0.271 e. The van der Waals surface area contributed by atoms with Crippen LogP contribution in [0.3, 0.4) is 0 Å². The Morgan fingerprint density at radius 1 is 1.29 bits per heavy atom. The van der Waals surface area contributed by atoms with Crippen LogP contribution in [0, 0.1) is 0 Å². The zero-order chi connectivity index (χ0) is 14.8. The van der Waals surface area contributed by atoms with E-state index in [0.29, 0.717) is 5.92 Å². The van der Waals surface area contributed by atoms with Gasteiger partial charge in [0.05, 0.1) is 31.8 Å². The molecule has 0 bridgehead atoms. The molecule has 3 N–H and O–H groups in total. The van der Waals surface area contributed by atoms with Crippen molar-refractivity contribution >= 4 is 33.1 Å². The van der Waals surface area contributed by atoms with Gasteiger partial charge in [-0.1, -0.05) is 30.5 Å². The Labute approximate surface area is 131 Å². The first-order valence-corrected chi connectivity index (χ1v) is 8.40. The Morgan fingerprint density at radius 2 is 2.10 bits per heavy atom. The number of benzene rings is 1. The summed E-state index contributed by atoms with van der Waals surface area (Å²) in [5.41, 5.74) is 4.95. The van der Waals surface area contributed by atoms with Crippen molar-refractivity contribution in [3.63, 3.8) is 0 Å². The van der Waals surface area contributed by atoms with Crippen LogP contribution in [0.4, 0.5) is 0 Å². The van der Waals surface area contributed by atoms with E-state index in [1.807, 2.05) is 18.2 Å². The number of rotatable bonds is 5. The molecule has 2 aromatic heterocycles. The third kappa shape index (κ3) is 2.96. The fourth-order valence-corrected chi connectivity index (χ4v) is 4.13. The van der Waals surface area contributed by atoms with E-state index in [1.54, 1.807) is 11.3 Å². The summed E-state index contributed by atoms with van der Waals surface area (Å²) in [6.45, 7) is 4.23. The quantitative estimate of drug-likeness (QED) is 0.558. The Morgan fingerprint density at radius 3 is 2.81 bits per heavy atom. The maximum Gasteiger partial charge on any atom is 0.0958 e. The van der Waals surface area contributed by atoms with Crippen LogP contribution in [0.25, 0.3) is 10.2 Å². The molecular formula is C14H17N5S2. The summed E-state index contributed by atoms with van der Waals surface area (Å²) in [6, 6.07) is 8.17. The molecule has 0 fully saturated rings. The van der Waals surface area contributed by atoms with E-state index in [2.05, 4.69) is 39.9 Å². The van der Waals surface area contributed by atoms with Crippen molar-refractivity contribution in [3.05, 3.63) is 39.8 Å². The lowest BCUT2D eigenvalue weighted by Crippen LogP contribution is -2.29. The van der Waals surface area contributed by atoms with E-state index in [4.69, 9.17) is 5.84 Å². The van der Waals surface area contributed by atoms with Gasteiger partial charge >= 0.3 is 0 Å². The SMILES string of the molecule is CC(C)c1nnsc1C(Cc1nc2ccccc2s1)NN. The molecule has 0 saturated carbocycles. The van der Waals surface area contributed by atoms with Gasteiger partial charge in [-0.3, -0.25) is 11.3 Å². The average Bonchev–Trinajstić information content (AvgIpc) is 3.10. The number of nitrogens with zero attached hydrogens (tertiary/aromatic N) is 3. The van der Waals surface area contributed by atoms with Crippen molar-refractivity contribution in [2.75, 3.05) is 0 Å². The van der Waals surface area contributed by atoms with E-state index in [0.717, 1.165) is 27.5 Å². The summed E-state index contributed by atoms with van der Waals surface area (Å²) in [4.78, 5) is 5.78. The van der Waals surface area contributed by atoms with E-state index < -0.39 is 0 Å². The number of aromatic nitrogens is 3. The Kier molecular flexibility index (Phi) is 4.25. The van der Waals surface area contributed by atoms with Crippen molar-refractivity contribution in [2.24, 2.45) is 5.84 Å². The van der Waals surface area contributed by atoms with Gasteiger partial charge in [0, 0.05) is 6.42 Å². The number of nitrogens with two attached hydrogens (primary N) is 1. The number of para-hydroxylation sites is 1. The van der Waals surface area contributed by atoms with E-state index in [1.165, 1.54) is 16.2 Å². The molecule has 1 aromatic carbocycles. The van der Waals surface area contributed by atoms with Gasteiger partial charge in [-0.05, 0) is 29.6 Å². The maximum absolute atomic E-state index is 5.75. The molecule has 110 valence electrons. The Balaban J connectivity index is 1.88. The van der Waals surface area contributed by atoms with Gasteiger partial charge in [0.25, 0.3) is 0 Å². The summed E-state index contributed by atoms with van der Waals surface area (Å²) in [7, 11) is 0. The summed E-state index contributed by atoms with van der Waals surface area (Å²) < 4.78 is 5.28. The van der Waals surface area contributed by atoms with E-state index >= 15 is 0 Å². The average molecular weight is 319 g/mol. The van der Waals surface area contributed by atoms with Gasteiger partial charge < -0.3 is 0 Å². The molecule has 21 heavy (non-hydrogen) atoms. The fraction of sp³-hybridized carbons (Fsp3) is 0.357. The predicted octanol–water partition coefficient (Wildman–Crippen LogP) is 3.02. The highest BCUT2D eigenvalue weighted by atomic mass is 32.1. The van der Waals surface area contributed by atoms with Crippen molar-refractivity contribution in [1.29, 1.82) is 0 Å². The second kappa shape index (κ2) is 6.15. The van der Waals surface area contributed by atoms with Crippen LogP contribution in [0.15, 0.2) is 24.3 Å². The van der Waals surface area contributed by atoms with Crippen molar-refractivity contribution in [1.82, 2.24) is 20.0 Å². The predicted molar refractivity (Wildman–Crippen MR) is 87.4 cm³/mol. The summed E-state index contributed by atoms with van der Waals surface area (Å²) >= 11 is 3.12. The van der Waals surface area contributed by atoms with Gasteiger partial charge in [-0.15, -0.1) is 16.4 Å². The number of hydrazine groups is 1. The zero-order valence-corrected chi connectivity index (χ0v) is 13.5. The monoisotopic (exact) mass is 319 g/mol. The minimum atomic E-state index is 0.00274. The van der Waals surface area contributed by atoms with Gasteiger partial charge in [0.15, 0.2) is 0 Å². The van der Waals surface area contributed by atoms with Crippen LogP contribution in [-0.2, 0) is 6.42 Å². The van der Waals surface area contributed by atoms with Crippen LogP contribution >= 0.6 is 22.9 Å². The van der Waals surface area contributed by atoms with Gasteiger partial charge in [-0.25, -0.2) is 4.98 Å². The zero-order valence-electron chi connectivity index (χ0n) is 11.9. The molecule has 0 spiro atoms. The van der Waals surface area contributed by atoms with Crippen LogP contribution in [0.1, 0.15) is 41.4 Å². The van der Waals surface area contributed by atoms with Crippen LogP contribution < -0.4 is 11.3 Å². The first kappa shape index (κ1) is 14.5. The van der Waals surface area contributed by atoms with Crippen LogP contribution in [0.2, 0.25) is 0 Å². The molecule has 3 rings (SSSR count). The molecule has 0 aliphatic carbocycles. The van der Waals surface area contributed by atoms with Gasteiger partial charge in [0.2, 0.25) is 0 Å². The standard InChI is InChI=1S/C14H17N5S2/c1-8(2)13-14(21-19-18-13)10(17-15)7-12-16-9-5-3-4-6-11(9)20-12/h3-6,8,10,17H,7,15H2,1-2H3. The Hall–Kier alpha value is -1.41. The highest BCUT2D eigenvalue weighted by Crippen LogP contribution is 2.30. The number of nitrogens with one attached hydrogen (secondary N) is 1. The molecule has 5 nitrogen and oxygen atoms in total. The van der Waals surface area contributed by atoms with Gasteiger partial charge in [-0.2, -0.15) is 0 Å². The first-order valence-electron chi connectivity index (χ1n) is 6.81. The lowest BCUT2D eigenvalue weighted by atomic mass is 10.0. The molecule has 3 aromatic rings. The van der Waals surface area contributed by atoms with Crippen molar-refractivity contribution < 1.29 is 0 Å². The molecule has 7 heteroatoms. The number of fused-ring (bicyclic) bond motifs is 1. The lowest BCUT2D eigenvalue weighted by Gasteiger charge is -2.14. The summed E-state index contributed by atoms with van der Waals surface area (Å²) in [5.74, 6) is 6.09. The molecule has 2 heterocycles. The third-order valence-corrected chi connectivity index (χ3v) is 5.23. The third-order valence-electron chi connectivity index (χ3n) is 3.32.